The van der Waals surface area contributed by atoms with Crippen molar-refractivity contribution in [2.75, 3.05) is 19.0 Å². The third-order valence-electron chi connectivity index (χ3n) is 3.78. The number of thiazole rings is 1. The highest BCUT2D eigenvalue weighted by atomic mass is 32.1. The Morgan fingerprint density at radius 1 is 1.19 bits per heavy atom. The second kappa shape index (κ2) is 8.01. The summed E-state index contributed by atoms with van der Waals surface area (Å²) >= 11 is 1.38. The van der Waals surface area contributed by atoms with E-state index in [1.54, 1.807) is 31.4 Å². The average molecular weight is 368 g/mol. The summed E-state index contributed by atoms with van der Waals surface area (Å²) < 4.78 is 10.8. The van der Waals surface area contributed by atoms with E-state index >= 15 is 0 Å². The highest BCUT2D eigenvalue weighted by Crippen LogP contribution is 2.33. The van der Waals surface area contributed by atoms with Crippen LogP contribution < -0.4 is 14.8 Å². The van der Waals surface area contributed by atoms with Crippen LogP contribution in [0.15, 0.2) is 47.8 Å². The van der Waals surface area contributed by atoms with E-state index < -0.39 is 0 Å². The number of rotatable bonds is 6. The van der Waals surface area contributed by atoms with Crippen molar-refractivity contribution in [3.05, 3.63) is 59.0 Å². The lowest BCUT2D eigenvalue weighted by molar-refractivity contribution is 0.102. The lowest BCUT2D eigenvalue weighted by Gasteiger charge is -2.07. The van der Waals surface area contributed by atoms with Crippen LogP contribution in [0.4, 0.5) is 5.13 Å². The lowest BCUT2D eigenvalue weighted by atomic mass is 10.1. The van der Waals surface area contributed by atoms with Crippen molar-refractivity contribution in [2.45, 2.75) is 13.8 Å². The Morgan fingerprint density at radius 3 is 2.65 bits per heavy atom. The van der Waals surface area contributed by atoms with Crippen LogP contribution >= 0.6 is 11.3 Å². The van der Waals surface area contributed by atoms with Crippen molar-refractivity contribution in [2.24, 2.45) is 0 Å². The van der Waals surface area contributed by atoms with Crippen molar-refractivity contribution >= 4 is 22.4 Å². The number of benzene rings is 2. The maximum absolute atomic E-state index is 12.4. The predicted molar refractivity (Wildman–Crippen MR) is 104 cm³/mol. The van der Waals surface area contributed by atoms with Crippen LogP contribution in [-0.4, -0.2) is 24.6 Å². The maximum Gasteiger partial charge on any atom is 0.257 e. The van der Waals surface area contributed by atoms with Gasteiger partial charge in [0.25, 0.3) is 5.91 Å². The summed E-state index contributed by atoms with van der Waals surface area (Å²) in [5.74, 6) is 1.29. The van der Waals surface area contributed by atoms with E-state index in [9.17, 15) is 4.79 Å². The molecule has 26 heavy (non-hydrogen) atoms. The third kappa shape index (κ3) is 4.03. The summed E-state index contributed by atoms with van der Waals surface area (Å²) in [5, 5.41) is 5.29. The van der Waals surface area contributed by atoms with Gasteiger partial charge in [-0.2, -0.15) is 0 Å². The normalized spacial score (nSPS) is 10.4. The molecule has 0 saturated carbocycles. The molecule has 0 aliphatic carbocycles. The highest BCUT2D eigenvalue weighted by molar-refractivity contribution is 7.14. The van der Waals surface area contributed by atoms with Gasteiger partial charge in [0.15, 0.2) is 5.13 Å². The maximum atomic E-state index is 12.4. The number of ether oxygens (including phenoxy) is 2. The Labute approximate surface area is 156 Å². The van der Waals surface area contributed by atoms with E-state index in [1.165, 1.54) is 11.3 Å². The van der Waals surface area contributed by atoms with Crippen LogP contribution in [0, 0.1) is 6.92 Å². The molecule has 0 bridgehead atoms. The van der Waals surface area contributed by atoms with E-state index in [2.05, 4.69) is 10.3 Å². The Morgan fingerprint density at radius 2 is 1.96 bits per heavy atom. The number of carbonyl (C=O) groups excluding carboxylic acids is 1. The number of anilines is 1. The molecule has 0 aliphatic heterocycles. The smallest absolute Gasteiger partial charge is 0.257 e. The fourth-order valence-corrected chi connectivity index (χ4v) is 3.22. The van der Waals surface area contributed by atoms with Crippen LogP contribution in [0.25, 0.3) is 11.3 Å². The minimum absolute atomic E-state index is 0.204. The number of aromatic nitrogens is 1. The minimum atomic E-state index is -0.204. The molecule has 1 heterocycles. The van der Waals surface area contributed by atoms with Crippen molar-refractivity contribution in [3.8, 4) is 22.8 Å². The number of amides is 1. The van der Waals surface area contributed by atoms with E-state index in [4.69, 9.17) is 9.47 Å². The predicted octanol–water partition coefficient (Wildman–Crippen LogP) is 4.78. The summed E-state index contributed by atoms with van der Waals surface area (Å²) in [5.41, 5.74) is 3.36. The van der Waals surface area contributed by atoms with E-state index in [0.29, 0.717) is 17.3 Å². The van der Waals surface area contributed by atoms with Gasteiger partial charge < -0.3 is 9.47 Å². The standard InChI is InChI=1S/C20H20N2O3S/c1-4-25-15-8-6-14(7-9-15)19(23)22-20-21-17(12-26-20)16-11-13(2)5-10-18(16)24-3/h5-12H,4H2,1-3H3,(H,21,22,23). The number of aryl methyl sites for hydroxylation is 1. The van der Waals surface area contributed by atoms with Gasteiger partial charge in [-0.15, -0.1) is 11.3 Å². The second-order valence-corrected chi connectivity index (χ2v) is 6.51. The van der Waals surface area contributed by atoms with Crippen LogP contribution in [0.5, 0.6) is 11.5 Å². The topological polar surface area (TPSA) is 60.5 Å². The Hall–Kier alpha value is -2.86. The molecule has 1 N–H and O–H groups in total. The van der Waals surface area contributed by atoms with E-state index in [-0.39, 0.29) is 5.91 Å². The Balaban J connectivity index is 1.76. The molecule has 0 aliphatic rings. The number of methoxy groups -OCH3 is 1. The van der Waals surface area contributed by atoms with Gasteiger partial charge in [0.1, 0.15) is 11.5 Å². The SMILES string of the molecule is CCOc1ccc(C(=O)Nc2nc(-c3cc(C)ccc3OC)cs2)cc1. The number of hydrogen-bond acceptors (Lipinski definition) is 5. The molecule has 2 aromatic carbocycles. The van der Waals surface area contributed by atoms with Crippen LogP contribution in [0.3, 0.4) is 0 Å². The largest absolute Gasteiger partial charge is 0.496 e. The summed E-state index contributed by atoms with van der Waals surface area (Å²) in [6, 6.07) is 13.0. The van der Waals surface area contributed by atoms with Crippen molar-refractivity contribution in [1.29, 1.82) is 0 Å². The van der Waals surface area contributed by atoms with Gasteiger partial charge in [0.2, 0.25) is 0 Å². The van der Waals surface area contributed by atoms with Gasteiger partial charge in [-0.1, -0.05) is 11.6 Å². The molecule has 0 saturated heterocycles. The van der Waals surface area contributed by atoms with Crippen LogP contribution in [0.2, 0.25) is 0 Å². The Bertz CT molecular complexity index is 904. The van der Waals surface area contributed by atoms with Gasteiger partial charge >= 0.3 is 0 Å². The Kier molecular flexibility index (Phi) is 5.53. The number of nitrogens with zero attached hydrogens (tertiary/aromatic N) is 1. The fraction of sp³-hybridized carbons (Fsp3) is 0.200. The lowest BCUT2D eigenvalue weighted by Crippen LogP contribution is -2.11. The average Bonchev–Trinajstić information content (AvgIpc) is 3.11. The summed E-state index contributed by atoms with van der Waals surface area (Å²) in [4.78, 5) is 16.9. The van der Waals surface area contributed by atoms with Gasteiger partial charge in [-0.05, 0) is 50.2 Å². The molecule has 0 spiro atoms. The molecule has 134 valence electrons. The molecule has 0 atom stereocenters. The third-order valence-corrected chi connectivity index (χ3v) is 4.54. The first-order valence-electron chi connectivity index (χ1n) is 8.25. The van der Waals surface area contributed by atoms with Gasteiger partial charge in [-0.25, -0.2) is 4.98 Å². The second-order valence-electron chi connectivity index (χ2n) is 5.65. The van der Waals surface area contributed by atoms with Crippen molar-refractivity contribution in [1.82, 2.24) is 4.98 Å². The molecule has 1 aromatic heterocycles. The highest BCUT2D eigenvalue weighted by Gasteiger charge is 2.13. The molecule has 3 aromatic rings. The van der Waals surface area contributed by atoms with Gasteiger partial charge in [-0.3, -0.25) is 10.1 Å². The zero-order chi connectivity index (χ0) is 18.5. The first-order chi connectivity index (χ1) is 12.6. The zero-order valence-electron chi connectivity index (χ0n) is 14.9. The van der Waals surface area contributed by atoms with Crippen molar-refractivity contribution in [3.63, 3.8) is 0 Å². The monoisotopic (exact) mass is 368 g/mol. The molecular weight excluding hydrogens is 348 g/mol. The summed E-state index contributed by atoms with van der Waals surface area (Å²) in [6.07, 6.45) is 0. The van der Waals surface area contributed by atoms with Crippen LogP contribution in [0.1, 0.15) is 22.8 Å². The van der Waals surface area contributed by atoms with E-state index in [1.807, 2.05) is 37.4 Å². The zero-order valence-corrected chi connectivity index (χ0v) is 15.7. The minimum Gasteiger partial charge on any atom is -0.496 e. The number of nitrogens with one attached hydrogen (secondary N) is 1. The molecule has 6 heteroatoms. The van der Waals surface area contributed by atoms with Crippen molar-refractivity contribution < 1.29 is 14.3 Å². The molecular formula is C20H20N2O3S. The number of carbonyl (C=O) groups is 1. The number of hydrogen-bond donors (Lipinski definition) is 1. The fourth-order valence-electron chi connectivity index (χ4n) is 2.52. The molecule has 0 radical (unpaired) electrons. The van der Waals surface area contributed by atoms with Gasteiger partial charge in [0.05, 0.1) is 19.4 Å². The summed E-state index contributed by atoms with van der Waals surface area (Å²) in [7, 11) is 1.63. The quantitative estimate of drug-likeness (QED) is 0.680. The molecule has 3 rings (SSSR count). The molecule has 5 nitrogen and oxygen atoms in total. The summed E-state index contributed by atoms with van der Waals surface area (Å²) in [6.45, 7) is 4.53. The van der Waals surface area contributed by atoms with Gasteiger partial charge in [0, 0.05) is 16.5 Å². The first kappa shape index (κ1) is 17.9. The molecule has 1 amide bonds. The molecule has 0 fully saturated rings. The van der Waals surface area contributed by atoms with E-state index in [0.717, 1.165) is 28.3 Å². The molecule has 0 unspecified atom stereocenters. The van der Waals surface area contributed by atoms with Crippen LogP contribution in [-0.2, 0) is 0 Å². The first-order valence-corrected chi connectivity index (χ1v) is 9.13.